The van der Waals surface area contributed by atoms with Crippen LogP contribution in [0.15, 0.2) is 0 Å². The summed E-state index contributed by atoms with van der Waals surface area (Å²) in [4.78, 5) is 10.0. The Morgan fingerprint density at radius 3 is 3.00 bits per heavy atom. The third kappa shape index (κ3) is 4.76. The standard InChI is InChI=1S/C6H9BrN2O2/c1-11-3-2-9-6(10)5(7)4-8/h5H,2-3H2,1H3,(H,9,10). The molecule has 0 saturated heterocycles. The van der Waals surface area contributed by atoms with E-state index >= 15 is 0 Å². The quantitative estimate of drug-likeness (QED) is 0.538. The van der Waals surface area contributed by atoms with Crippen molar-refractivity contribution in [3.8, 4) is 6.07 Å². The first-order valence-electron chi connectivity index (χ1n) is 3.02. The topological polar surface area (TPSA) is 62.1 Å². The maximum atomic E-state index is 10.8. The first-order valence-corrected chi connectivity index (χ1v) is 3.94. The molecule has 62 valence electrons. The Hall–Kier alpha value is -0.600. The number of nitrogens with one attached hydrogen (secondary N) is 1. The molecule has 0 aliphatic heterocycles. The molecule has 0 rings (SSSR count). The summed E-state index contributed by atoms with van der Waals surface area (Å²) in [7, 11) is 1.54. The van der Waals surface area contributed by atoms with E-state index in [4.69, 9.17) is 10.00 Å². The lowest BCUT2D eigenvalue weighted by Crippen LogP contribution is -2.32. The number of hydrogen-bond donors (Lipinski definition) is 1. The molecule has 0 spiro atoms. The van der Waals surface area contributed by atoms with Crippen molar-refractivity contribution >= 4 is 21.8 Å². The average Bonchev–Trinajstić information content (AvgIpc) is 2.03. The Kier molecular flexibility index (Phi) is 5.80. The van der Waals surface area contributed by atoms with Gasteiger partial charge in [-0.3, -0.25) is 4.79 Å². The van der Waals surface area contributed by atoms with Gasteiger partial charge in [0.1, 0.15) is 0 Å². The third-order valence-electron chi connectivity index (χ3n) is 0.949. The molecule has 11 heavy (non-hydrogen) atoms. The molecule has 0 bridgehead atoms. The van der Waals surface area contributed by atoms with E-state index in [1.165, 1.54) is 0 Å². The molecule has 0 radical (unpaired) electrons. The summed E-state index contributed by atoms with van der Waals surface area (Å²) < 4.78 is 4.69. The molecule has 1 N–H and O–H groups in total. The number of carbonyl (C=O) groups excluding carboxylic acids is 1. The first kappa shape index (κ1) is 10.4. The minimum atomic E-state index is -0.764. The highest BCUT2D eigenvalue weighted by atomic mass is 79.9. The van der Waals surface area contributed by atoms with E-state index in [-0.39, 0.29) is 5.91 Å². The Morgan fingerprint density at radius 1 is 1.91 bits per heavy atom. The van der Waals surface area contributed by atoms with Crippen molar-refractivity contribution in [3.63, 3.8) is 0 Å². The van der Waals surface area contributed by atoms with Gasteiger partial charge in [-0.2, -0.15) is 5.26 Å². The molecule has 0 aliphatic rings. The highest BCUT2D eigenvalue weighted by molar-refractivity contribution is 9.10. The van der Waals surface area contributed by atoms with Crippen LogP contribution in [0.4, 0.5) is 0 Å². The summed E-state index contributed by atoms with van der Waals surface area (Å²) in [5.74, 6) is -0.329. The predicted molar refractivity (Wildman–Crippen MR) is 43.2 cm³/mol. The molecule has 0 saturated carbocycles. The molecule has 0 fully saturated rings. The lowest BCUT2D eigenvalue weighted by atomic mass is 10.4. The van der Waals surface area contributed by atoms with Gasteiger partial charge in [0.05, 0.1) is 12.7 Å². The van der Waals surface area contributed by atoms with Gasteiger partial charge in [0, 0.05) is 13.7 Å². The fourth-order valence-electron chi connectivity index (χ4n) is 0.425. The molecule has 0 aromatic rings. The average molecular weight is 221 g/mol. The van der Waals surface area contributed by atoms with Crippen molar-refractivity contribution < 1.29 is 9.53 Å². The van der Waals surface area contributed by atoms with Crippen LogP contribution in [0.25, 0.3) is 0 Å². The van der Waals surface area contributed by atoms with Crippen LogP contribution < -0.4 is 5.32 Å². The molecule has 0 heterocycles. The Bertz CT molecular complexity index is 166. The molecule has 0 aromatic carbocycles. The van der Waals surface area contributed by atoms with Crippen LogP contribution in [0.1, 0.15) is 0 Å². The Morgan fingerprint density at radius 2 is 2.55 bits per heavy atom. The van der Waals surface area contributed by atoms with E-state index in [1.54, 1.807) is 13.2 Å². The van der Waals surface area contributed by atoms with Gasteiger partial charge in [0.15, 0.2) is 4.83 Å². The zero-order valence-electron chi connectivity index (χ0n) is 6.13. The summed E-state index contributed by atoms with van der Waals surface area (Å²) in [6.07, 6.45) is 0. The molecular formula is C6H9BrN2O2. The van der Waals surface area contributed by atoms with Crippen LogP contribution in [0.5, 0.6) is 0 Å². The van der Waals surface area contributed by atoms with E-state index in [0.29, 0.717) is 13.2 Å². The van der Waals surface area contributed by atoms with E-state index in [9.17, 15) is 4.79 Å². The molecule has 5 heteroatoms. The zero-order chi connectivity index (χ0) is 8.69. The van der Waals surface area contributed by atoms with Gasteiger partial charge in [-0.15, -0.1) is 0 Å². The van der Waals surface area contributed by atoms with E-state index in [2.05, 4.69) is 21.2 Å². The maximum absolute atomic E-state index is 10.8. The van der Waals surface area contributed by atoms with Gasteiger partial charge in [-0.25, -0.2) is 0 Å². The van der Waals surface area contributed by atoms with Crippen molar-refractivity contribution in [1.29, 1.82) is 5.26 Å². The number of amides is 1. The Labute approximate surface area is 73.6 Å². The van der Waals surface area contributed by atoms with Crippen molar-refractivity contribution in [2.45, 2.75) is 4.83 Å². The molecule has 4 nitrogen and oxygen atoms in total. The van der Waals surface area contributed by atoms with Crippen LogP contribution >= 0.6 is 15.9 Å². The molecule has 1 atom stereocenters. The van der Waals surface area contributed by atoms with Crippen LogP contribution in [0.3, 0.4) is 0 Å². The fraction of sp³-hybridized carbons (Fsp3) is 0.667. The second-order valence-corrected chi connectivity index (χ2v) is 2.69. The fourth-order valence-corrected chi connectivity index (χ4v) is 0.586. The van der Waals surface area contributed by atoms with Gasteiger partial charge < -0.3 is 10.1 Å². The number of hydrogen-bond acceptors (Lipinski definition) is 3. The zero-order valence-corrected chi connectivity index (χ0v) is 7.72. The van der Waals surface area contributed by atoms with Crippen molar-refractivity contribution in [1.82, 2.24) is 5.32 Å². The Balaban J connectivity index is 3.46. The van der Waals surface area contributed by atoms with E-state index < -0.39 is 4.83 Å². The van der Waals surface area contributed by atoms with Crippen molar-refractivity contribution in [3.05, 3.63) is 0 Å². The largest absolute Gasteiger partial charge is 0.383 e. The van der Waals surface area contributed by atoms with Gasteiger partial charge in [-0.05, 0) is 0 Å². The number of alkyl halides is 1. The summed E-state index contributed by atoms with van der Waals surface area (Å²) >= 11 is 2.88. The van der Waals surface area contributed by atoms with E-state index in [0.717, 1.165) is 0 Å². The maximum Gasteiger partial charge on any atom is 0.248 e. The lowest BCUT2D eigenvalue weighted by molar-refractivity contribution is -0.119. The van der Waals surface area contributed by atoms with Crippen molar-refractivity contribution in [2.75, 3.05) is 20.3 Å². The number of halogens is 1. The van der Waals surface area contributed by atoms with Crippen molar-refractivity contribution in [2.24, 2.45) is 0 Å². The van der Waals surface area contributed by atoms with Gasteiger partial charge in [0.2, 0.25) is 5.91 Å². The number of rotatable bonds is 4. The minimum Gasteiger partial charge on any atom is -0.383 e. The van der Waals surface area contributed by atoms with Gasteiger partial charge in [-0.1, -0.05) is 15.9 Å². The minimum absolute atomic E-state index is 0.329. The summed E-state index contributed by atoms with van der Waals surface area (Å²) in [5, 5.41) is 10.8. The molecule has 1 amide bonds. The van der Waals surface area contributed by atoms with Crippen LogP contribution in [0.2, 0.25) is 0 Å². The number of methoxy groups -OCH3 is 1. The summed E-state index contributed by atoms with van der Waals surface area (Å²) in [5.41, 5.74) is 0. The van der Waals surface area contributed by atoms with Crippen LogP contribution in [-0.4, -0.2) is 31.0 Å². The summed E-state index contributed by atoms with van der Waals surface area (Å²) in [6.45, 7) is 0.885. The smallest absolute Gasteiger partial charge is 0.248 e. The number of carbonyl (C=O) groups is 1. The highest BCUT2D eigenvalue weighted by Crippen LogP contribution is 1.95. The SMILES string of the molecule is COCCNC(=O)C(Br)C#N. The first-order chi connectivity index (χ1) is 5.22. The van der Waals surface area contributed by atoms with Gasteiger partial charge >= 0.3 is 0 Å². The number of ether oxygens (including phenoxy) is 1. The van der Waals surface area contributed by atoms with Gasteiger partial charge in [0.25, 0.3) is 0 Å². The second kappa shape index (κ2) is 6.13. The molecule has 1 unspecified atom stereocenters. The monoisotopic (exact) mass is 220 g/mol. The lowest BCUT2D eigenvalue weighted by Gasteiger charge is -2.03. The van der Waals surface area contributed by atoms with Crippen LogP contribution in [0, 0.1) is 11.3 Å². The van der Waals surface area contributed by atoms with E-state index in [1.807, 2.05) is 0 Å². The molecule has 0 aliphatic carbocycles. The second-order valence-electron chi connectivity index (χ2n) is 1.78. The molecule has 0 aromatic heterocycles. The highest BCUT2D eigenvalue weighted by Gasteiger charge is 2.11. The molecular weight excluding hydrogens is 212 g/mol. The number of nitrogens with zero attached hydrogens (tertiary/aromatic N) is 1. The summed E-state index contributed by atoms with van der Waals surface area (Å²) in [6, 6.07) is 1.76. The predicted octanol–water partition coefficient (Wildman–Crippen LogP) is 0.0361. The normalized spacial score (nSPS) is 11.7. The van der Waals surface area contributed by atoms with Crippen LogP contribution in [-0.2, 0) is 9.53 Å². The number of nitriles is 1. The third-order valence-corrected chi connectivity index (χ3v) is 1.57.